The highest BCUT2D eigenvalue weighted by molar-refractivity contribution is 9.09. The largest absolute Gasteiger partial charge is 0.373 e. The molecule has 3 rings (SSSR count). The zero-order chi connectivity index (χ0) is 16.1. The summed E-state index contributed by atoms with van der Waals surface area (Å²) in [6, 6.07) is 0. The first-order valence-corrected chi connectivity index (χ1v) is 8.39. The molecule has 1 spiro atoms. The summed E-state index contributed by atoms with van der Waals surface area (Å²) in [6.45, 7) is 11.6. The molecule has 0 aromatic carbocycles. The van der Waals surface area contributed by atoms with Gasteiger partial charge in [-0.2, -0.15) is 9.59 Å². The van der Waals surface area contributed by atoms with Crippen molar-refractivity contribution in [2.75, 3.05) is 5.33 Å². The lowest BCUT2D eigenvalue weighted by molar-refractivity contribution is -0.191. The Bertz CT molecular complexity index is 544. The summed E-state index contributed by atoms with van der Waals surface area (Å²) < 4.78 is 6.76. The third-order valence-corrected chi connectivity index (χ3v) is 7.24. The van der Waals surface area contributed by atoms with Crippen LogP contribution in [-0.2, 0) is 14.3 Å². The average molecular weight is 355 g/mol. The second kappa shape index (κ2) is 4.91. The summed E-state index contributed by atoms with van der Waals surface area (Å²) in [5.74, 6) is 0.483. The lowest BCUT2D eigenvalue weighted by Gasteiger charge is -2.51. The van der Waals surface area contributed by atoms with Crippen molar-refractivity contribution in [1.29, 1.82) is 0 Å². The summed E-state index contributed by atoms with van der Waals surface area (Å²) >= 11 is 3.67. The smallest absolute Gasteiger partial charge is 0.365 e. The van der Waals surface area contributed by atoms with Crippen LogP contribution in [0.4, 0.5) is 0 Å². The molecule has 4 heteroatoms. The molecule has 1 saturated heterocycles. The molecule has 0 saturated carbocycles. The predicted octanol–water partition coefficient (Wildman–Crippen LogP) is 3.89. The summed E-state index contributed by atoms with van der Waals surface area (Å²) in [4.78, 5) is 16.2. The highest BCUT2D eigenvalue weighted by Crippen LogP contribution is 2.70. The molecule has 3 nitrogen and oxygen atoms in total. The van der Waals surface area contributed by atoms with Crippen LogP contribution in [0.5, 0.6) is 0 Å². The summed E-state index contributed by atoms with van der Waals surface area (Å²) in [6.07, 6.45) is 8.50. The van der Waals surface area contributed by atoms with Crippen molar-refractivity contribution < 1.29 is 14.3 Å². The van der Waals surface area contributed by atoms with Crippen LogP contribution in [0.2, 0.25) is 0 Å². The van der Waals surface area contributed by atoms with Crippen LogP contribution in [-0.4, -0.2) is 22.7 Å². The molecule has 0 aromatic rings. The Hall–Kier alpha value is -0.700. The van der Waals surface area contributed by atoms with E-state index in [-0.39, 0.29) is 28.2 Å². The molecule has 2 aliphatic carbocycles. The molecule has 21 heavy (non-hydrogen) atoms. The van der Waals surface area contributed by atoms with Crippen LogP contribution in [0, 0.1) is 16.7 Å². The van der Waals surface area contributed by atoms with Crippen LogP contribution in [0.3, 0.4) is 0 Å². The first-order valence-electron chi connectivity index (χ1n) is 7.27. The van der Waals surface area contributed by atoms with Crippen molar-refractivity contribution in [3.05, 3.63) is 23.8 Å². The average Bonchev–Trinajstić information content (AvgIpc) is 2.70. The van der Waals surface area contributed by atoms with Gasteiger partial charge in [-0.1, -0.05) is 53.6 Å². The number of halogens is 1. The molecule has 0 radical (unpaired) electrons. The van der Waals surface area contributed by atoms with Gasteiger partial charge in [0.1, 0.15) is 0 Å². The molecule has 0 aromatic heterocycles. The van der Waals surface area contributed by atoms with E-state index in [1.807, 2.05) is 0 Å². The SMILES string of the molecule is CC1=CCC23O[C@](C)(CBr)C(C=CC12C)C3(C)C.O=C=O. The minimum Gasteiger partial charge on any atom is -0.365 e. The molecule has 3 aliphatic rings. The molecule has 2 bridgehead atoms. The Morgan fingerprint density at radius 1 is 1.33 bits per heavy atom. The molecule has 1 heterocycles. The minimum absolute atomic E-state index is 0.0624. The molecular weight excluding hydrogens is 332 g/mol. The van der Waals surface area contributed by atoms with Crippen molar-refractivity contribution in [1.82, 2.24) is 0 Å². The quantitative estimate of drug-likeness (QED) is 0.529. The first kappa shape index (κ1) is 16.7. The van der Waals surface area contributed by atoms with Gasteiger partial charge < -0.3 is 4.74 Å². The van der Waals surface area contributed by atoms with E-state index in [1.54, 1.807) is 0 Å². The van der Waals surface area contributed by atoms with Crippen molar-refractivity contribution in [3.63, 3.8) is 0 Å². The molecule has 0 N–H and O–H groups in total. The topological polar surface area (TPSA) is 43.4 Å². The normalized spacial score (nSPS) is 45.2. The van der Waals surface area contributed by atoms with E-state index in [9.17, 15) is 0 Å². The van der Waals surface area contributed by atoms with Gasteiger partial charge in [-0.3, -0.25) is 0 Å². The summed E-state index contributed by atoms with van der Waals surface area (Å²) in [7, 11) is 0. The third-order valence-electron chi connectivity index (χ3n) is 6.12. The monoisotopic (exact) mass is 354 g/mol. The van der Waals surface area contributed by atoms with Crippen LogP contribution in [0.1, 0.15) is 41.0 Å². The molecule has 0 amide bonds. The van der Waals surface area contributed by atoms with Crippen molar-refractivity contribution >= 4 is 22.1 Å². The first-order chi connectivity index (χ1) is 9.65. The lowest BCUT2D eigenvalue weighted by atomic mass is 9.53. The Balaban J connectivity index is 0.000000497. The Morgan fingerprint density at radius 3 is 2.43 bits per heavy atom. The second-order valence-corrected chi connectivity index (χ2v) is 7.87. The van der Waals surface area contributed by atoms with E-state index in [0.717, 1.165) is 11.8 Å². The maximum Gasteiger partial charge on any atom is 0.373 e. The number of hydrogen-bond donors (Lipinski definition) is 0. The van der Waals surface area contributed by atoms with Gasteiger partial charge in [0.2, 0.25) is 0 Å². The van der Waals surface area contributed by atoms with Crippen LogP contribution in [0.15, 0.2) is 23.8 Å². The van der Waals surface area contributed by atoms with E-state index >= 15 is 0 Å². The molecule has 116 valence electrons. The molecule has 3 unspecified atom stereocenters. The van der Waals surface area contributed by atoms with Crippen LogP contribution in [0.25, 0.3) is 0 Å². The van der Waals surface area contributed by atoms with Gasteiger partial charge in [0.25, 0.3) is 0 Å². The second-order valence-electron chi connectivity index (χ2n) is 7.31. The van der Waals surface area contributed by atoms with Crippen LogP contribution >= 0.6 is 15.9 Å². The van der Waals surface area contributed by atoms with Gasteiger partial charge in [-0.05, 0) is 27.2 Å². The fourth-order valence-corrected chi connectivity index (χ4v) is 5.30. The number of ether oxygens (including phenoxy) is 1. The van der Waals surface area contributed by atoms with Crippen molar-refractivity contribution in [3.8, 4) is 0 Å². The number of rotatable bonds is 1. The van der Waals surface area contributed by atoms with E-state index < -0.39 is 0 Å². The van der Waals surface area contributed by atoms with Crippen molar-refractivity contribution in [2.45, 2.75) is 52.2 Å². The predicted molar refractivity (Wildman–Crippen MR) is 83.9 cm³/mol. The van der Waals surface area contributed by atoms with E-state index in [1.165, 1.54) is 5.57 Å². The van der Waals surface area contributed by atoms with Crippen LogP contribution < -0.4 is 0 Å². The number of carbonyl (C=O) groups excluding carboxylic acids is 2. The molecular formula is C17H23BrO3. The fraction of sp³-hybridized carbons (Fsp3) is 0.706. The Kier molecular flexibility index (Phi) is 3.89. The van der Waals surface area contributed by atoms with E-state index in [0.29, 0.717) is 5.92 Å². The zero-order valence-corrected chi connectivity index (χ0v) is 14.9. The fourth-order valence-electron chi connectivity index (χ4n) is 4.84. The summed E-state index contributed by atoms with van der Waals surface area (Å²) in [5.41, 5.74) is 1.55. The lowest BCUT2D eigenvalue weighted by Crippen LogP contribution is -2.54. The van der Waals surface area contributed by atoms with E-state index in [2.05, 4.69) is 68.8 Å². The van der Waals surface area contributed by atoms with Gasteiger partial charge in [0.15, 0.2) is 0 Å². The molecule has 4 atom stereocenters. The summed E-state index contributed by atoms with van der Waals surface area (Å²) in [5, 5.41) is 0.898. The van der Waals surface area contributed by atoms with E-state index in [4.69, 9.17) is 14.3 Å². The van der Waals surface area contributed by atoms with Gasteiger partial charge >= 0.3 is 6.15 Å². The third kappa shape index (κ3) is 1.82. The minimum atomic E-state index is -0.0871. The Morgan fingerprint density at radius 2 is 1.90 bits per heavy atom. The zero-order valence-electron chi connectivity index (χ0n) is 13.3. The van der Waals surface area contributed by atoms with Gasteiger partial charge in [0.05, 0.1) is 11.2 Å². The van der Waals surface area contributed by atoms with Gasteiger partial charge in [-0.25, -0.2) is 0 Å². The number of alkyl halides is 1. The number of fused-ring (bicyclic) bond motifs is 1. The highest BCUT2D eigenvalue weighted by Gasteiger charge is 2.72. The standard InChI is InChI=1S/C16H23BrO.CO2/c1-11-6-9-16-13(2,3)12(7-8-14(11,16)4)15(5,10-17)18-16;2-1-3/h6-8,12H,9-10H2,1-5H3;/t12?,14?,15-,16?;/m1./s1. The van der Waals surface area contributed by atoms with Gasteiger partial charge in [0, 0.05) is 22.1 Å². The van der Waals surface area contributed by atoms with Gasteiger partial charge in [-0.15, -0.1) is 0 Å². The number of hydrogen-bond acceptors (Lipinski definition) is 3. The highest BCUT2D eigenvalue weighted by atomic mass is 79.9. The Labute approximate surface area is 134 Å². The molecule has 1 fully saturated rings. The van der Waals surface area contributed by atoms with Crippen molar-refractivity contribution in [2.24, 2.45) is 16.7 Å². The maximum atomic E-state index is 8.12. The molecule has 1 aliphatic heterocycles. The maximum absolute atomic E-state index is 8.12.